The number of rotatable bonds is 5. The van der Waals surface area contributed by atoms with Crippen molar-refractivity contribution in [2.45, 2.75) is 11.8 Å². The first-order valence-electron chi connectivity index (χ1n) is 10.3. The number of nitrogens with one attached hydrogen (secondary N) is 2. The van der Waals surface area contributed by atoms with E-state index < -0.39 is 15.9 Å². The van der Waals surface area contributed by atoms with Crippen LogP contribution in [0.5, 0.6) is 11.5 Å². The van der Waals surface area contributed by atoms with Gasteiger partial charge in [0.25, 0.3) is 15.9 Å². The van der Waals surface area contributed by atoms with E-state index in [2.05, 4.69) is 15.2 Å². The van der Waals surface area contributed by atoms with Crippen LogP contribution in [0.3, 0.4) is 0 Å². The van der Waals surface area contributed by atoms with Gasteiger partial charge >= 0.3 is 0 Å². The van der Waals surface area contributed by atoms with E-state index in [9.17, 15) is 13.2 Å². The van der Waals surface area contributed by atoms with Crippen molar-refractivity contribution in [3.63, 3.8) is 0 Å². The van der Waals surface area contributed by atoms with E-state index in [1.165, 1.54) is 12.1 Å². The number of aryl methyl sites for hydroxylation is 1. The number of anilines is 1. The number of benzene rings is 3. The molecule has 4 aromatic rings. The molecule has 2 N–H and O–H groups in total. The summed E-state index contributed by atoms with van der Waals surface area (Å²) in [5.74, 6) is 0.554. The van der Waals surface area contributed by atoms with Gasteiger partial charge in [-0.2, -0.15) is 13.2 Å². The van der Waals surface area contributed by atoms with Crippen molar-refractivity contribution >= 4 is 32.6 Å². The predicted molar refractivity (Wildman–Crippen MR) is 124 cm³/mol. The van der Waals surface area contributed by atoms with Crippen LogP contribution in [0.4, 0.5) is 5.69 Å². The molecular formula is C24H19N3O6S. The zero-order valence-electron chi connectivity index (χ0n) is 17.9. The minimum Gasteiger partial charge on any atom is -0.454 e. The Labute approximate surface area is 194 Å². The van der Waals surface area contributed by atoms with Gasteiger partial charge in [0.2, 0.25) is 12.3 Å². The van der Waals surface area contributed by atoms with Gasteiger partial charge in [-0.1, -0.05) is 35.9 Å². The summed E-state index contributed by atoms with van der Waals surface area (Å²) in [7, 11) is -3.98. The molecular weight excluding hydrogens is 458 g/mol. The van der Waals surface area contributed by atoms with Gasteiger partial charge < -0.3 is 19.2 Å². The van der Waals surface area contributed by atoms with E-state index in [1.54, 1.807) is 60.7 Å². The molecule has 0 fully saturated rings. The first-order valence-corrected chi connectivity index (χ1v) is 11.7. The van der Waals surface area contributed by atoms with Crippen LogP contribution in [0.25, 0.3) is 11.0 Å². The summed E-state index contributed by atoms with van der Waals surface area (Å²) < 4.78 is 41.8. The molecule has 1 aliphatic heterocycles. The van der Waals surface area contributed by atoms with Crippen molar-refractivity contribution in [1.29, 1.82) is 0 Å². The molecule has 0 bridgehead atoms. The molecule has 1 aliphatic rings. The van der Waals surface area contributed by atoms with Gasteiger partial charge in [0.05, 0.1) is 4.90 Å². The second-order valence-electron chi connectivity index (χ2n) is 7.54. The number of hydrogen-bond acceptors (Lipinski definition) is 7. The number of carbonyl (C=O) groups is 1. The van der Waals surface area contributed by atoms with Gasteiger partial charge in [-0.05, 0) is 43.3 Å². The highest BCUT2D eigenvalue weighted by atomic mass is 32.2. The third kappa shape index (κ3) is 4.30. The fraction of sp³-hybridized carbons (Fsp3) is 0.0833. The lowest BCUT2D eigenvalue weighted by atomic mass is 10.1. The second-order valence-corrected chi connectivity index (χ2v) is 9.21. The molecule has 10 heteroatoms. The van der Waals surface area contributed by atoms with Gasteiger partial charge in [-0.3, -0.25) is 4.79 Å². The van der Waals surface area contributed by atoms with E-state index >= 15 is 0 Å². The highest BCUT2D eigenvalue weighted by Crippen LogP contribution is 2.34. The van der Waals surface area contributed by atoms with E-state index in [0.29, 0.717) is 28.2 Å². The third-order valence-electron chi connectivity index (χ3n) is 5.13. The SMILES string of the molecule is Cc1ccc(S(=O)(=O)N/N=c2\oc3ccccc3cc2C(=O)Nc2ccc3c(c2)OCO3)cc1. The molecule has 172 valence electrons. The number of amides is 1. The fourth-order valence-corrected chi connectivity index (χ4v) is 4.16. The number of fused-ring (bicyclic) bond motifs is 2. The van der Waals surface area contributed by atoms with E-state index in [0.717, 1.165) is 5.56 Å². The van der Waals surface area contributed by atoms with Crippen LogP contribution >= 0.6 is 0 Å². The maximum Gasteiger partial charge on any atom is 0.276 e. The average molecular weight is 477 g/mol. The number of hydrogen-bond donors (Lipinski definition) is 2. The molecule has 1 amide bonds. The van der Waals surface area contributed by atoms with Crippen LogP contribution in [-0.4, -0.2) is 21.1 Å². The highest BCUT2D eigenvalue weighted by molar-refractivity contribution is 7.89. The molecule has 0 aliphatic carbocycles. The van der Waals surface area contributed by atoms with Crippen LogP contribution in [-0.2, 0) is 10.0 Å². The molecule has 1 aromatic heterocycles. The number of ether oxygens (including phenoxy) is 2. The van der Waals surface area contributed by atoms with E-state index in [4.69, 9.17) is 13.9 Å². The maximum atomic E-state index is 13.1. The molecule has 9 nitrogen and oxygen atoms in total. The summed E-state index contributed by atoms with van der Waals surface area (Å²) in [6.45, 7) is 1.97. The Balaban J connectivity index is 1.52. The number of para-hydroxylation sites is 1. The molecule has 2 heterocycles. The standard InChI is InChI=1S/C24H19N3O6S/c1-15-6-9-18(10-7-15)34(29,30)27-26-24-19(12-16-4-2-3-5-20(16)33-24)23(28)25-17-8-11-21-22(13-17)32-14-31-21/h2-13,27H,14H2,1H3,(H,25,28)/b26-24-. The van der Waals surface area contributed by atoms with Gasteiger partial charge in [0.15, 0.2) is 11.5 Å². The van der Waals surface area contributed by atoms with Crippen molar-refractivity contribution < 1.29 is 27.1 Å². The Bertz CT molecular complexity index is 1580. The number of nitrogens with zero attached hydrogens (tertiary/aromatic N) is 1. The molecule has 0 saturated carbocycles. The molecule has 0 saturated heterocycles. The Morgan fingerprint density at radius 1 is 0.941 bits per heavy atom. The predicted octanol–water partition coefficient (Wildman–Crippen LogP) is 3.52. The summed E-state index contributed by atoms with van der Waals surface area (Å²) in [5, 5.41) is 7.35. The summed E-state index contributed by atoms with van der Waals surface area (Å²) >= 11 is 0. The molecule has 0 spiro atoms. The quantitative estimate of drug-likeness (QED) is 0.425. The van der Waals surface area contributed by atoms with Crippen LogP contribution in [0.1, 0.15) is 15.9 Å². The van der Waals surface area contributed by atoms with Gasteiger partial charge in [-0.15, -0.1) is 5.10 Å². The lowest BCUT2D eigenvalue weighted by molar-refractivity contribution is 0.102. The molecule has 34 heavy (non-hydrogen) atoms. The van der Waals surface area contributed by atoms with E-state index in [1.807, 2.05) is 6.92 Å². The average Bonchev–Trinajstić information content (AvgIpc) is 3.30. The summed E-state index contributed by atoms with van der Waals surface area (Å²) in [6, 6.07) is 19.9. The van der Waals surface area contributed by atoms with Crippen molar-refractivity contribution in [3.05, 3.63) is 89.5 Å². The minimum absolute atomic E-state index is 0.0361. The van der Waals surface area contributed by atoms with Gasteiger partial charge in [0, 0.05) is 17.1 Å². The van der Waals surface area contributed by atoms with Crippen LogP contribution < -0.4 is 25.2 Å². The van der Waals surface area contributed by atoms with Crippen LogP contribution in [0.2, 0.25) is 0 Å². The Morgan fingerprint density at radius 2 is 1.71 bits per heavy atom. The normalized spacial score (nSPS) is 13.1. The van der Waals surface area contributed by atoms with E-state index in [-0.39, 0.29) is 22.8 Å². The smallest absolute Gasteiger partial charge is 0.276 e. The molecule has 0 unspecified atom stereocenters. The fourth-order valence-electron chi connectivity index (χ4n) is 3.36. The molecule has 5 rings (SSSR count). The lowest BCUT2D eigenvalue weighted by Crippen LogP contribution is -2.27. The van der Waals surface area contributed by atoms with Gasteiger partial charge in [-0.25, -0.2) is 0 Å². The minimum atomic E-state index is -3.98. The zero-order valence-corrected chi connectivity index (χ0v) is 18.8. The Hall–Kier alpha value is -4.31. The number of sulfonamides is 1. The van der Waals surface area contributed by atoms with Crippen molar-refractivity contribution in [2.75, 3.05) is 12.1 Å². The topological polar surface area (TPSA) is 119 Å². The first kappa shape index (κ1) is 21.5. The Kier molecular flexibility index (Phi) is 5.42. The zero-order chi connectivity index (χ0) is 23.7. The molecule has 3 aromatic carbocycles. The maximum absolute atomic E-state index is 13.1. The Morgan fingerprint density at radius 3 is 2.53 bits per heavy atom. The van der Waals surface area contributed by atoms with Crippen LogP contribution in [0.15, 0.2) is 87.2 Å². The third-order valence-corrected chi connectivity index (χ3v) is 6.35. The summed E-state index contributed by atoms with van der Waals surface area (Å²) in [6.07, 6.45) is 0. The second kappa shape index (κ2) is 8.56. The largest absolute Gasteiger partial charge is 0.454 e. The summed E-state index contributed by atoms with van der Waals surface area (Å²) in [4.78, 5) is 15.3. The van der Waals surface area contributed by atoms with Crippen molar-refractivity contribution in [1.82, 2.24) is 4.83 Å². The molecule has 0 atom stereocenters. The van der Waals surface area contributed by atoms with Crippen molar-refractivity contribution in [3.8, 4) is 11.5 Å². The monoisotopic (exact) mass is 477 g/mol. The van der Waals surface area contributed by atoms with Crippen molar-refractivity contribution in [2.24, 2.45) is 5.10 Å². The molecule has 0 radical (unpaired) electrons. The highest BCUT2D eigenvalue weighted by Gasteiger charge is 2.18. The number of carbonyl (C=O) groups excluding carboxylic acids is 1. The first-order chi connectivity index (χ1) is 16.4. The van der Waals surface area contributed by atoms with Gasteiger partial charge in [0.1, 0.15) is 11.1 Å². The lowest BCUT2D eigenvalue weighted by Gasteiger charge is -2.08. The van der Waals surface area contributed by atoms with Crippen LogP contribution in [0, 0.1) is 6.92 Å². The summed E-state index contributed by atoms with van der Waals surface area (Å²) in [5.41, 5.74) is 1.68.